The molecule has 0 radical (unpaired) electrons. The molecule has 3 rings (SSSR count). The molecule has 2 heterocycles. The Morgan fingerprint density at radius 2 is 2.04 bits per heavy atom. The minimum atomic E-state index is -0.556. The van der Waals surface area contributed by atoms with E-state index in [0.717, 1.165) is 0 Å². The average molecular weight is 344 g/mol. The van der Waals surface area contributed by atoms with Gasteiger partial charge in [0.1, 0.15) is 5.76 Å². The third kappa shape index (κ3) is 3.38. The molecular weight excluding hydrogens is 330 g/mol. The predicted molar refractivity (Wildman–Crippen MR) is 89.5 cm³/mol. The molecule has 0 aliphatic rings. The normalized spacial score (nSPS) is 10.6. The highest BCUT2D eigenvalue weighted by Crippen LogP contribution is 2.13. The lowest BCUT2D eigenvalue weighted by Crippen LogP contribution is -2.31. The second-order valence-corrected chi connectivity index (χ2v) is 5.59. The number of amides is 1. The first kappa shape index (κ1) is 16.0. The van der Waals surface area contributed by atoms with Crippen molar-refractivity contribution in [2.24, 2.45) is 0 Å². The minimum absolute atomic E-state index is 0.179. The Labute approximate surface area is 142 Å². The van der Waals surface area contributed by atoms with E-state index in [0.29, 0.717) is 22.2 Å². The number of hydrogen-bond acceptors (Lipinski definition) is 4. The average Bonchev–Trinajstić information content (AvgIpc) is 3.07. The van der Waals surface area contributed by atoms with E-state index in [1.165, 1.54) is 17.0 Å². The highest BCUT2D eigenvalue weighted by atomic mass is 35.5. The van der Waals surface area contributed by atoms with Crippen LogP contribution in [0.5, 0.6) is 0 Å². The molecule has 7 heteroatoms. The monoisotopic (exact) mass is 343 g/mol. The summed E-state index contributed by atoms with van der Waals surface area (Å²) in [5, 5.41) is 7.40. The lowest BCUT2D eigenvalue weighted by Gasteiger charge is -2.11. The maximum absolute atomic E-state index is 12.3. The standard InChI is InChI=1S/C17H14ClN3O3/c1-11-9-15(22)16(17(23)19-10-14-3-2-8-24-14)20-21(11)13-6-4-12(18)5-7-13/h2-9H,10H2,1H3,(H,19,23). The van der Waals surface area contributed by atoms with Crippen LogP contribution in [0.2, 0.25) is 5.02 Å². The molecule has 24 heavy (non-hydrogen) atoms. The van der Waals surface area contributed by atoms with Crippen molar-refractivity contribution in [1.82, 2.24) is 15.1 Å². The van der Waals surface area contributed by atoms with Gasteiger partial charge < -0.3 is 9.73 Å². The van der Waals surface area contributed by atoms with Gasteiger partial charge in [-0.25, -0.2) is 4.68 Å². The highest BCUT2D eigenvalue weighted by Gasteiger charge is 2.15. The number of carbonyl (C=O) groups excluding carboxylic acids is 1. The van der Waals surface area contributed by atoms with Gasteiger partial charge in [-0.3, -0.25) is 9.59 Å². The fourth-order valence-corrected chi connectivity index (χ4v) is 2.34. The van der Waals surface area contributed by atoms with Crippen molar-refractivity contribution in [2.75, 3.05) is 0 Å². The number of aryl methyl sites for hydroxylation is 1. The number of halogens is 1. The van der Waals surface area contributed by atoms with Gasteiger partial charge in [0.2, 0.25) is 5.43 Å². The fraction of sp³-hybridized carbons (Fsp3) is 0.118. The van der Waals surface area contributed by atoms with Crippen molar-refractivity contribution in [3.05, 3.63) is 81.1 Å². The topological polar surface area (TPSA) is 77.1 Å². The molecular formula is C17H14ClN3O3. The third-order valence-corrected chi connectivity index (χ3v) is 3.65. The van der Waals surface area contributed by atoms with E-state index in [2.05, 4.69) is 10.4 Å². The van der Waals surface area contributed by atoms with Crippen LogP contribution < -0.4 is 10.7 Å². The lowest BCUT2D eigenvalue weighted by atomic mass is 10.2. The first-order chi connectivity index (χ1) is 11.5. The third-order valence-electron chi connectivity index (χ3n) is 3.40. The van der Waals surface area contributed by atoms with Crippen molar-refractivity contribution in [1.29, 1.82) is 0 Å². The first-order valence-electron chi connectivity index (χ1n) is 7.22. The maximum atomic E-state index is 12.3. The van der Waals surface area contributed by atoms with Crippen LogP contribution in [0.15, 0.2) is 57.9 Å². The number of rotatable bonds is 4. The zero-order valence-corrected chi connectivity index (χ0v) is 13.6. The number of nitrogens with one attached hydrogen (secondary N) is 1. The summed E-state index contributed by atoms with van der Waals surface area (Å²) in [4.78, 5) is 24.4. The summed E-state index contributed by atoms with van der Waals surface area (Å²) in [6.07, 6.45) is 1.51. The predicted octanol–water partition coefficient (Wildman–Crippen LogP) is 2.72. The van der Waals surface area contributed by atoms with Crippen LogP contribution in [0, 0.1) is 6.92 Å². The van der Waals surface area contributed by atoms with Crippen molar-refractivity contribution in [2.45, 2.75) is 13.5 Å². The molecule has 1 amide bonds. The van der Waals surface area contributed by atoms with Gasteiger partial charge in [-0.1, -0.05) is 11.6 Å². The quantitative estimate of drug-likeness (QED) is 0.790. The smallest absolute Gasteiger partial charge is 0.276 e. The number of nitrogens with zero attached hydrogens (tertiary/aromatic N) is 2. The van der Waals surface area contributed by atoms with Crippen LogP contribution in [0.3, 0.4) is 0 Å². The van der Waals surface area contributed by atoms with Crippen LogP contribution in [-0.4, -0.2) is 15.7 Å². The van der Waals surface area contributed by atoms with Crippen molar-refractivity contribution < 1.29 is 9.21 Å². The Hall–Kier alpha value is -2.86. The Morgan fingerprint density at radius 1 is 1.29 bits per heavy atom. The summed E-state index contributed by atoms with van der Waals surface area (Å²) >= 11 is 5.88. The number of furan rings is 1. The summed E-state index contributed by atoms with van der Waals surface area (Å²) in [6, 6.07) is 11.8. The Balaban J connectivity index is 1.90. The van der Waals surface area contributed by atoms with E-state index in [9.17, 15) is 9.59 Å². The minimum Gasteiger partial charge on any atom is -0.467 e. The van der Waals surface area contributed by atoms with Crippen LogP contribution in [0.1, 0.15) is 21.9 Å². The van der Waals surface area contributed by atoms with Crippen LogP contribution >= 0.6 is 11.6 Å². The van der Waals surface area contributed by atoms with Gasteiger partial charge in [-0.05, 0) is 43.3 Å². The Morgan fingerprint density at radius 3 is 2.71 bits per heavy atom. The van der Waals surface area contributed by atoms with E-state index in [1.807, 2.05) is 0 Å². The summed E-state index contributed by atoms with van der Waals surface area (Å²) < 4.78 is 6.67. The van der Waals surface area contributed by atoms with Gasteiger partial charge in [-0.15, -0.1) is 0 Å². The molecule has 0 fully saturated rings. The highest BCUT2D eigenvalue weighted by molar-refractivity contribution is 6.30. The van der Waals surface area contributed by atoms with Crippen LogP contribution in [0.25, 0.3) is 5.69 Å². The molecule has 3 aromatic rings. The summed E-state index contributed by atoms with van der Waals surface area (Å²) in [5.74, 6) is 0.0348. The molecule has 0 unspecified atom stereocenters. The molecule has 1 aromatic carbocycles. The Kier molecular flexibility index (Phi) is 4.48. The van der Waals surface area contributed by atoms with Gasteiger partial charge in [0, 0.05) is 16.8 Å². The van der Waals surface area contributed by atoms with Crippen molar-refractivity contribution in [3.8, 4) is 5.69 Å². The molecule has 6 nitrogen and oxygen atoms in total. The second kappa shape index (κ2) is 6.72. The van der Waals surface area contributed by atoms with E-state index in [1.54, 1.807) is 43.3 Å². The molecule has 2 aromatic heterocycles. The summed E-state index contributed by atoms with van der Waals surface area (Å²) in [6.45, 7) is 1.93. The number of aromatic nitrogens is 2. The molecule has 0 aliphatic carbocycles. The number of hydrogen-bond donors (Lipinski definition) is 1. The van der Waals surface area contributed by atoms with Gasteiger partial charge in [0.25, 0.3) is 5.91 Å². The van der Waals surface area contributed by atoms with Crippen molar-refractivity contribution >= 4 is 17.5 Å². The van der Waals surface area contributed by atoms with E-state index < -0.39 is 11.3 Å². The molecule has 0 spiro atoms. The maximum Gasteiger partial charge on any atom is 0.276 e. The SMILES string of the molecule is Cc1cc(=O)c(C(=O)NCc2ccco2)nn1-c1ccc(Cl)cc1. The fourth-order valence-electron chi connectivity index (χ4n) is 2.21. The molecule has 0 atom stereocenters. The molecule has 122 valence electrons. The molecule has 0 aliphatic heterocycles. The molecule has 0 bridgehead atoms. The van der Waals surface area contributed by atoms with Gasteiger partial charge >= 0.3 is 0 Å². The van der Waals surface area contributed by atoms with Crippen molar-refractivity contribution in [3.63, 3.8) is 0 Å². The first-order valence-corrected chi connectivity index (χ1v) is 7.60. The molecule has 0 saturated carbocycles. The van der Waals surface area contributed by atoms with Gasteiger partial charge in [-0.2, -0.15) is 5.10 Å². The molecule has 0 saturated heterocycles. The lowest BCUT2D eigenvalue weighted by molar-refractivity contribution is 0.0940. The number of benzene rings is 1. The largest absolute Gasteiger partial charge is 0.467 e. The van der Waals surface area contributed by atoms with Gasteiger partial charge in [0.15, 0.2) is 5.69 Å². The zero-order valence-electron chi connectivity index (χ0n) is 12.8. The van der Waals surface area contributed by atoms with E-state index in [-0.39, 0.29) is 12.2 Å². The molecule has 1 N–H and O–H groups in total. The second-order valence-electron chi connectivity index (χ2n) is 5.15. The Bertz CT molecular complexity index is 915. The summed E-state index contributed by atoms with van der Waals surface area (Å²) in [7, 11) is 0. The summed E-state index contributed by atoms with van der Waals surface area (Å²) in [5.41, 5.74) is 0.707. The van der Waals surface area contributed by atoms with Crippen LogP contribution in [0.4, 0.5) is 0 Å². The van der Waals surface area contributed by atoms with E-state index in [4.69, 9.17) is 16.0 Å². The van der Waals surface area contributed by atoms with Crippen LogP contribution in [-0.2, 0) is 6.54 Å². The number of carbonyl (C=O) groups is 1. The zero-order chi connectivity index (χ0) is 17.1. The van der Waals surface area contributed by atoms with E-state index >= 15 is 0 Å². The van der Waals surface area contributed by atoms with Gasteiger partial charge in [0.05, 0.1) is 18.5 Å².